The quantitative estimate of drug-likeness (QED) is 0.808. The van der Waals surface area contributed by atoms with Crippen molar-refractivity contribution in [2.45, 2.75) is 26.7 Å². The van der Waals surface area contributed by atoms with Crippen LogP contribution in [-0.2, 0) is 19.6 Å². The minimum atomic E-state index is -3.58. The molecule has 2 rings (SSSR count). The summed E-state index contributed by atoms with van der Waals surface area (Å²) < 4.78 is 31.3. The highest BCUT2D eigenvalue weighted by molar-refractivity contribution is 7.92. The van der Waals surface area contributed by atoms with Gasteiger partial charge in [0.25, 0.3) is 0 Å². The molecule has 0 atom stereocenters. The Bertz CT molecular complexity index is 695. The number of anilines is 1. The SMILES string of the molecule is Cc1cccc(C(C)C)c1N(CC(=O)N1CCOCC1)S(C)(=O)=O. The predicted molar refractivity (Wildman–Crippen MR) is 94.9 cm³/mol. The first-order valence-corrected chi connectivity index (χ1v) is 9.99. The van der Waals surface area contributed by atoms with Crippen molar-refractivity contribution in [3.8, 4) is 0 Å². The minimum absolute atomic E-state index is 0.155. The van der Waals surface area contributed by atoms with Gasteiger partial charge in [0.1, 0.15) is 6.54 Å². The summed E-state index contributed by atoms with van der Waals surface area (Å²) in [6.45, 7) is 7.72. The molecule has 6 nitrogen and oxygen atoms in total. The van der Waals surface area contributed by atoms with Crippen LogP contribution in [0.4, 0.5) is 5.69 Å². The lowest BCUT2D eigenvalue weighted by Crippen LogP contribution is -2.47. The number of hydrogen-bond donors (Lipinski definition) is 0. The molecule has 1 heterocycles. The van der Waals surface area contributed by atoms with Gasteiger partial charge in [0.05, 0.1) is 25.2 Å². The lowest BCUT2D eigenvalue weighted by atomic mass is 9.98. The highest BCUT2D eigenvalue weighted by atomic mass is 32.2. The lowest BCUT2D eigenvalue weighted by molar-refractivity contribution is -0.133. The second kappa shape index (κ2) is 7.53. The molecule has 134 valence electrons. The molecule has 1 aromatic rings. The number of ether oxygens (including phenoxy) is 1. The normalized spacial score (nSPS) is 15.6. The van der Waals surface area contributed by atoms with Gasteiger partial charge in [-0.25, -0.2) is 8.42 Å². The summed E-state index contributed by atoms with van der Waals surface area (Å²) in [7, 11) is -3.58. The van der Waals surface area contributed by atoms with E-state index < -0.39 is 10.0 Å². The Morgan fingerprint density at radius 1 is 1.29 bits per heavy atom. The summed E-state index contributed by atoms with van der Waals surface area (Å²) in [5.74, 6) is -0.0377. The van der Waals surface area contributed by atoms with Gasteiger partial charge in [0.2, 0.25) is 15.9 Å². The van der Waals surface area contributed by atoms with Crippen molar-refractivity contribution in [1.82, 2.24) is 4.90 Å². The fourth-order valence-corrected chi connectivity index (χ4v) is 3.81. The number of nitrogens with zero attached hydrogens (tertiary/aromatic N) is 2. The Morgan fingerprint density at radius 3 is 2.46 bits per heavy atom. The number of sulfonamides is 1. The van der Waals surface area contributed by atoms with Gasteiger partial charge in [-0.15, -0.1) is 0 Å². The minimum Gasteiger partial charge on any atom is -0.378 e. The van der Waals surface area contributed by atoms with Crippen LogP contribution in [0.25, 0.3) is 0 Å². The molecule has 1 aliphatic heterocycles. The van der Waals surface area contributed by atoms with Crippen molar-refractivity contribution in [2.75, 3.05) is 43.4 Å². The van der Waals surface area contributed by atoms with Crippen LogP contribution in [0.15, 0.2) is 18.2 Å². The van der Waals surface area contributed by atoms with Crippen molar-refractivity contribution in [3.05, 3.63) is 29.3 Å². The van der Waals surface area contributed by atoms with Crippen molar-refractivity contribution in [3.63, 3.8) is 0 Å². The fraction of sp³-hybridized carbons (Fsp3) is 0.588. The second-order valence-corrected chi connectivity index (χ2v) is 8.34. The molecule has 0 bridgehead atoms. The Labute approximate surface area is 144 Å². The van der Waals surface area contributed by atoms with E-state index in [2.05, 4.69) is 0 Å². The first-order chi connectivity index (χ1) is 11.2. The third-order valence-electron chi connectivity index (χ3n) is 4.18. The average Bonchev–Trinajstić information content (AvgIpc) is 2.52. The zero-order chi connectivity index (χ0) is 17.9. The summed E-state index contributed by atoms with van der Waals surface area (Å²) >= 11 is 0. The van der Waals surface area contributed by atoms with E-state index in [9.17, 15) is 13.2 Å². The molecule has 0 saturated carbocycles. The molecule has 24 heavy (non-hydrogen) atoms. The molecular formula is C17H26N2O4S. The summed E-state index contributed by atoms with van der Waals surface area (Å²) in [4.78, 5) is 14.2. The van der Waals surface area contributed by atoms with Crippen LogP contribution in [0.1, 0.15) is 30.9 Å². The molecule has 0 unspecified atom stereocenters. The average molecular weight is 354 g/mol. The topological polar surface area (TPSA) is 66.9 Å². The highest BCUT2D eigenvalue weighted by Gasteiger charge is 2.28. The molecule has 0 aromatic heterocycles. The Hall–Kier alpha value is -1.60. The lowest BCUT2D eigenvalue weighted by Gasteiger charge is -2.32. The van der Waals surface area contributed by atoms with Crippen LogP contribution >= 0.6 is 0 Å². The number of benzene rings is 1. The standard InChI is InChI=1S/C17H26N2O4S/c1-13(2)15-7-5-6-14(3)17(15)19(24(4,21)22)12-16(20)18-8-10-23-11-9-18/h5-7,13H,8-12H2,1-4H3. The zero-order valence-electron chi connectivity index (χ0n) is 14.8. The van der Waals surface area contributed by atoms with Crippen LogP contribution in [0.2, 0.25) is 0 Å². The van der Waals surface area contributed by atoms with Crippen LogP contribution < -0.4 is 4.31 Å². The second-order valence-electron chi connectivity index (χ2n) is 6.43. The van der Waals surface area contributed by atoms with Crippen LogP contribution in [0.5, 0.6) is 0 Å². The van der Waals surface area contributed by atoms with Gasteiger partial charge in [-0.1, -0.05) is 32.0 Å². The fourth-order valence-electron chi connectivity index (χ4n) is 2.89. The predicted octanol–water partition coefficient (Wildman–Crippen LogP) is 1.74. The number of carbonyl (C=O) groups excluding carboxylic acids is 1. The molecule has 1 amide bonds. The Kier molecular flexibility index (Phi) is 5.87. The van der Waals surface area contributed by atoms with Gasteiger partial charge >= 0.3 is 0 Å². The molecule has 1 aromatic carbocycles. The van der Waals surface area contributed by atoms with Gasteiger partial charge in [0.15, 0.2) is 0 Å². The number of para-hydroxylation sites is 1. The van der Waals surface area contributed by atoms with E-state index in [0.717, 1.165) is 17.4 Å². The number of rotatable bonds is 5. The monoisotopic (exact) mass is 354 g/mol. The Morgan fingerprint density at radius 2 is 1.92 bits per heavy atom. The number of carbonyl (C=O) groups is 1. The summed E-state index contributed by atoms with van der Waals surface area (Å²) in [6.07, 6.45) is 1.15. The third-order valence-corrected chi connectivity index (χ3v) is 5.30. The molecule has 7 heteroatoms. The van der Waals surface area contributed by atoms with Gasteiger partial charge in [0, 0.05) is 13.1 Å². The van der Waals surface area contributed by atoms with E-state index in [1.54, 1.807) is 4.90 Å². The number of morpholine rings is 1. The third kappa shape index (κ3) is 4.27. The maximum Gasteiger partial charge on any atom is 0.243 e. The molecule has 1 aliphatic rings. The number of aryl methyl sites for hydroxylation is 1. The zero-order valence-corrected chi connectivity index (χ0v) is 15.6. The van der Waals surface area contributed by atoms with Gasteiger partial charge < -0.3 is 9.64 Å². The van der Waals surface area contributed by atoms with E-state index in [0.29, 0.717) is 32.0 Å². The number of amides is 1. The molecule has 1 fully saturated rings. The van der Waals surface area contributed by atoms with Gasteiger partial charge in [-0.3, -0.25) is 9.10 Å². The van der Waals surface area contributed by atoms with E-state index >= 15 is 0 Å². The molecular weight excluding hydrogens is 328 g/mol. The maximum atomic E-state index is 12.6. The Balaban J connectivity index is 2.39. The van der Waals surface area contributed by atoms with E-state index in [1.807, 2.05) is 39.0 Å². The smallest absolute Gasteiger partial charge is 0.243 e. The molecule has 1 saturated heterocycles. The molecule has 0 spiro atoms. The van der Waals surface area contributed by atoms with E-state index in [1.165, 1.54) is 4.31 Å². The highest BCUT2D eigenvalue weighted by Crippen LogP contribution is 2.32. The first kappa shape index (κ1) is 18.7. The van der Waals surface area contributed by atoms with Gasteiger partial charge in [-0.05, 0) is 24.0 Å². The van der Waals surface area contributed by atoms with Crippen LogP contribution in [-0.4, -0.2) is 58.3 Å². The van der Waals surface area contributed by atoms with Gasteiger partial charge in [-0.2, -0.15) is 0 Å². The van der Waals surface area contributed by atoms with Crippen LogP contribution in [0.3, 0.4) is 0 Å². The van der Waals surface area contributed by atoms with E-state index in [-0.39, 0.29) is 18.4 Å². The summed E-state index contributed by atoms with van der Waals surface area (Å²) in [6, 6.07) is 5.71. The maximum absolute atomic E-state index is 12.6. The molecule has 0 N–H and O–H groups in total. The molecule has 0 radical (unpaired) electrons. The van der Waals surface area contributed by atoms with Crippen molar-refractivity contribution in [1.29, 1.82) is 0 Å². The van der Waals surface area contributed by atoms with E-state index in [4.69, 9.17) is 4.74 Å². The van der Waals surface area contributed by atoms with Crippen LogP contribution in [0, 0.1) is 6.92 Å². The van der Waals surface area contributed by atoms with Crippen molar-refractivity contribution >= 4 is 21.6 Å². The first-order valence-electron chi connectivity index (χ1n) is 8.14. The summed E-state index contributed by atoms with van der Waals surface area (Å²) in [5, 5.41) is 0. The van der Waals surface area contributed by atoms with Crippen molar-refractivity contribution < 1.29 is 17.9 Å². The number of hydrogen-bond acceptors (Lipinski definition) is 4. The summed E-state index contributed by atoms with van der Waals surface area (Å²) in [5.41, 5.74) is 2.40. The van der Waals surface area contributed by atoms with Crippen molar-refractivity contribution in [2.24, 2.45) is 0 Å². The largest absolute Gasteiger partial charge is 0.378 e. The molecule has 0 aliphatic carbocycles.